The van der Waals surface area contributed by atoms with Crippen LogP contribution < -0.4 is 4.90 Å². The quantitative estimate of drug-likeness (QED) is 0.890. The highest BCUT2D eigenvalue weighted by Gasteiger charge is 2.27. The number of hydrogen-bond acceptors (Lipinski definition) is 2. The number of carboxylic acid groups (broad SMARTS) is 1. The maximum absolute atomic E-state index is 12.7. The summed E-state index contributed by atoms with van der Waals surface area (Å²) in [5.74, 6) is -0.303. The fourth-order valence-corrected chi connectivity index (χ4v) is 2.55. The lowest BCUT2D eigenvalue weighted by Crippen LogP contribution is -2.34. The molecule has 4 nitrogen and oxygen atoms in total. The molecule has 1 amide bonds. The van der Waals surface area contributed by atoms with Crippen LogP contribution in [-0.2, 0) is 11.2 Å². The van der Waals surface area contributed by atoms with E-state index in [9.17, 15) is 9.59 Å². The number of anilines is 1. The summed E-state index contributed by atoms with van der Waals surface area (Å²) < 4.78 is 0. The van der Waals surface area contributed by atoms with Gasteiger partial charge in [-0.2, -0.15) is 0 Å². The molecule has 0 bridgehead atoms. The van der Waals surface area contributed by atoms with Gasteiger partial charge in [-0.1, -0.05) is 30.3 Å². The minimum Gasteiger partial charge on any atom is -0.478 e. The van der Waals surface area contributed by atoms with Crippen molar-refractivity contribution in [3.05, 3.63) is 65.7 Å². The molecule has 1 N–H and O–H groups in total. The molecule has 0 radical (unpaired) electrons. The zero-order chi connectivity index (χ0) is 16.2. The summed E-state index contributed by atoms with van der Waals surface area (Å²) in [6.07, 6.45) is 2.65. The maximum atomic E-state index is 12.7. The Morgan fingerprint density at radius 3 is 2.22 bits per heavy atom. The molecule has 4 heteroatoms. The monoisotopic (exact) mass is 309 g/mol. The molecule has 0 unspecified atom stereocenters. The summed E-state index contributed by atoms with van der Waals surface area (Å²) in [5.41, 5.74) is 1.99. The molecule has 0 aliphatic heterocycles. The van der Waals surface area contributed by atoms with Gasteiger partial charge in [-0.15, -0.1) is 0 Å². The van der Waals surface area contributed by atoms with Gasteiger partial charge < -0.3 is 10.0 Å². The van der Waals surface area contributed by atoms with Gasteiger partial charge in [-0.25, -0.2) is 4.79 Å². The first-order valence-electron chi connectivity index (χ1n) is 7.81. The number of benzene rings is 2. The molecule has 2 aromatic carbocycles. The molecule has 1 aliphatic rings. The van der Waals surface area contributed by atoms with E-state index >= 15 is 0 Å². The van der Waals surface area contributed by atoms with Crippen molar-refractivity contribution < 1.29 is 14.7 Å². The SMILES string of the molecule is O=C(O)c1ccc(CC(=O)N(CC2CC2)c2ccccc2)cc1. The molecule has 23 heavy (non-hydrogen) atoms. The minimum atomic E-state index is -0.956. The Balaban J connectivity index is 1.74. The fourth-order valence-electron chi connectivity index (χ4n) is 2.55. The topological polar surface area (TPSA) is 57.6 Å². The lowest BCUT2D eigenvalue weighted by atomic mass is 10.1. The van der Waals surface area contributed by atoms with Crippen LogP contribution in [-0.4, -0.2) is 23.5 Å². The third-order valence-electron chi connectivity index (χ3n) is 4.06. The summed E-state index contributed by atoms with van der Waals surface area (Å²) in [4.78, 5) is 25.4. The standard InChI is InChI=1S/C19H19NO3/c21-18(12-14-8-10-16(11-9-14)19(22)23)20(13-15-6-7-15)17-4-2-1-3-5-17/h1-5,8-11,15H,6-7,12-13H2,(H,22,23). The van der Waals surface area contributed by atoms with Crippen molar-refractivity contribution in [3.63, 3.8) is 0 Å². The first-order chi connectivity index (χ1) is 11.1. The van der Waals surface area contributed by atoms with Crippen molar-refractivity contribution in [3.8, 4) is 0 Å². The lowest BCUT2D eigenvalue weighted by Gasteiger charge is -2.23. The minimum absolute atomic E-state index is 0.0474. The van der Waals surface area contributed by atoms with Gasteiger partial charge in [0.05, 0.1) is 12.0 Å². The smallest absolute Gasteiger partial charge is 0.335 e. The molecule has 3 rings (SSSR count). The van der Waals surface area contributed by atoms with Gasteiger partial charge in [0, 0.05) is 12.2 Å². The summed E-state index contributed by atoms with van der Waals surface area (Å²) in [7, 11) is 0. The zero-order valence-electron chi connectivity index (χ0n) is 12.8. The van der Waals surface area contributed by atoms with E-state index in [1.165, 1.54) is 12.8 Å². The highest BCUT2D eigenvalue weighted by Crippen LogP contribution is 2.31. The van der Waals surface area contributed by atoms with Gasteiger partial charge in [0.2, 0.25) is 5.91 Å². The van der Waals surface area contributed by atoms with E-state index in [0.717, 1.165) is 17.8 Å². The highest BCUT2D eigenvalue weighted by molar-refractivity contribution is 5.95. The summed E-state index contributed by atoms with van der Waals surface area (Å²) in [5, 5.41) is 8.93. The number of carbonyl (C=O) groups is 2. The molecule has 0 atom stereocenters. The Hall–Kier alpha value is -2.62. The van der Waals surface area contributed by atoms with Crippen LogP contribution in [0.2, 0.25) is 0 Å². The van der Waals surface area contributed by atoms with Gasteiger partial charge in [0.25, 0.3) is 0 Å². The number of hydrogen-bond donors (Lipinski definition) is 1. The molecule has 0 aromatic heterocycles. The molecule has 2 aromatic rings. The second-order valence-corrected chi connectivity index (χ2v) is 5.96. The predicted molar refractivity (Wildman–Crippen MR) is 88.6 cm³/mol. The maximum Gasteiger partial charge on any atom is 0.335 e. The number of nitrogens with zero attached hydrogens (tertiary/aromatic N) is 1. The van der Waals surface area contributed by atoms with E-state index in [1.54, 1.807) is 24.3 Å². The van der Waals surface area contributed by atoms with Crippen molar-refractivity contribution in [2.45, 2.75) is 19.3 Å². The number of aromatic carboxylic acids is 1. The fraction of sp³-hybridized carbons (Fsp3) is 0.263. The van der Waals surface area contributed by atoms with Crippen LogP contribution >= 0.6 is 0 Å². The van der Waals surface area contributed by atoms with E-state index in [4.69, 9.17) is 5.11 Å². The molecule has 1 aliphatic carbocycles. The second-order valence-electron chi connectivity index (χ2n) is 5.96. The largest absolute Gasteiger partial charge is 0.478 e. The molecule has 0 saturated heterocycles. The van der Waals surface area contributed by atoms with Crippen molar-refractivity contribution in [1.29, 1.82) is 0 Å². The first kappa shape index (κ1) is 15.3. The molecular formula is C19H19NO3. The number of carbonyl (C=O) groups excluding carboxylic acids is 1. The number of rotatable bonds is 6. The molecule has 118 valence electrons. The zero-order valence-corrected chi connectivity index (χ0v) is 12.8. The molecule has 0 spiro atoms. The van der Waals surface area contributed by atoms with Crippen molar-refractivity contribution in [2.75, 3.05) is 11.4 Å². The van der Waals surface area contributed by atoms with Crippen LogP contribution in [0.15, 0.2) is 54.6 Å². The lowest BCUT2D eigenvalue weighted by molar-refractivity contribution is -0.118. The Morgan fingerprint density at radius 2 is 1.65 bits per heavy atom. The summed E-state index contributed by atoms with van der Waals surface area (Å²) in [6, 6.07) is 16.2. The van der Waals surface area contributed by atoms with Crippen LogP contribution in [0.25, 0.3) is 0 Å². The van der Waals surface area contributed by atoms with E-state index in [0.29, 0.717) is 5.92 Å². The number of carboxylic acids is 1. The molecule has 1 fully saturated rings. The predicted octanol–water partition coefficient (Wildman–Crippen LogP) is 3.37. The van der Waals surface area contributed by atoms with E-state index in [-0.39, 0.29) is 17.9 Å². The van der Waals surface area contributed by atoms with Crippen LogP contribution in [0.1, 0.15) is 28.8 Å². The Morgan fingerprint density at radius 1 is 1.00 bits per heavy atom. The second kappa shape index (κ2) is 6.65. The van der Waals surface area contributed by atoms with Crippen LogP contribution in [0.5, 0.6) is 0 Å². The third-order valence-corrected chi connectivity index (χ3v) is 4.06. The molecule has 0 heterocycles. The van der Waals surface area contributed by atoms with Gasteiger partial charge >= 0.3 is 5.97 Å². The van der Waals surface area contributed by atoms with Crippen molar-refractivity contribution >= 4 is 17.6 Å². The highest BCUT2D eigenvalue weighted by atomic mass is 16.4. The summed E-state index contributed by atoms with van der Waals surface area (Å²) in [6.45, 7) is 0.760. The van der Waals surface area contributed by atoms with Crippen molar-refractivity contribution in [2.24, 2.45) is 5.92 Å². The van der Waals surface area contributed by atoms with Crippen LogP contribution in [0.3, 0.4) is 0 Å². The van der Waals surface area contributed by atoms with Crippen LogP contribution in [0.4, 0.5) is 5.69 Å². The summed E-state index contributed by atoms with van der Waals surface area (Å²) >= 11 is 0. The average Bonchev–Trinajstić information content (AvgIpc) is 3.38. The molecular weight excluding hydrogens is 290 g/mol. The van der Waals surface area contributed by atoms with E-state index in [2.05, 4.69) is 0 Å². The van der Waals surface area contributed by atoms with Gasteiger partial charge in [0.1, 0.15) is 0 Å². The van der Waals surface area contributed by atoms with Crippen LogP contribution in [0, 0.1) is 5.92 Å². The third kappa shape index (κ3) is 3.97. The Kier molecular flexibility index (Phi) is 4.42. The first-order valence-corrected chi connectivity index (χ1v) is 7.81. The van der Waals surface area contributed by atoms with Gasteiger partial charge in [0.15, 0.2) is 0 Å². The van der Waals surface area contributed by atoms with E-state index in [1.807, 2.05) is 35.2 Å². The number of para-hydroxylation sites is 1. The Bertz CT molecular complexity index is 690. The van der Waals surface area contributed by atoms with E-state index < -0.39 is 5.97 Å². The average molecular weight is 309 g/mol. The normalized spacial score (nSPS) is 13.6. The van der Waals surface area contributed by atoms with Crippen molar-refractivity contribution in [1.82, 2.24) is 0 Å². The number of amides is 1. The van der Waals surface area contributed by atoms with Gasteiger partial charge in [-0.3, -0.25) is 4.79 Å². The molecule has 1 saturated carbocycles. The Labute approximate surface area is 135 Å². The van der Waals surface area contributed by atoms with Gasteiger partial charge in [-0.05, 0) is 48.6 Å².